The topological polar surface area (TPSA) is 40.1 Å². The van der Waals surface area contributed by atoms with Crippen molar-refractivity contribution < 1.29 is 9.90 Å². The summed E-state index contributed by atoms with van der Waals surface area (Å²) in [6.07, 6.45) is 19.2. The number of unbranched alkanes of at least 4 members (excludes halogenated alkanes) is 7. The molecule has 2 heteroatoms. The second-order valence-corrected chi connectivity index (χ2v) is 4.66. The molecule has 0 radical (unpaired) electrons. The van der Waals surface area contributed by atoms with Gasteiger partial charge in [-0.25, -0.2) is 0 Å². The Morgan fingerprint density at radius 1 is 0.889 bits per heavy atom. The zero-order valence-electron chi connectivity index (χ0n) is 11.7. The Kier molecular flexibility index (Phi) is 13.2. The standard InChI is InChI=1S/C16H28O2/c1-2-3-4-5-6-7-8-9-10-11-12-13-14-15-16(17)18/h2-3,5-6H,4,7-15H2,1H3,(H,17,18)/p-1/b3-2+,6-5-. The van der Waals surface area contributed by atoms with Crippen molar-refractivity contribution in [3.63, 3.8) is 0 Å². The van der Waals surface area contributed by atoms with Crippen molar-refractivity contribution in [2.75, 3.05) is 0 Å². The van der Waals surface area contributed by atoms with Crippen LogP contribution >= 0.6 is 0 Å². The first kappa shape index (κ1) is 16.9. The molecule has 0 unspecified atom stereocenters. The van der Waals surface area contributed by atoms with Gasteiger partial charge in [-0.2, -0.15) is 0 Å². The van der Waals surface area contributed by atoms with Gasteiger partial charge in [0.1, 0.15) is 0 Å². The molecule has 0 saturated carbocycles. The van der Waals surface area contributed by atoms with Gasteiger partial charge < -0.3 is 9.90 Å². The molecule has 0 aromatic rings. The van der Waals surface area contributed by atoms with E-state index in [-0.39, 0.29) is 6.42 Å². The van der Waals surface area contributed by atoms with Crippen molar-refractivity contribution in [2.24, 2.45) is 0 Å². The van der Waals surface area contributed by atoms with E-state index in [0.717, 1.165) is 25.7 Å². The van der Waals surface area contributed by atoms with Crippen molar-refractivity contribution in [3.05, 3.63) is 24.3 Å². The Morgan fingerprint density at radius 2 is 1.50 bits per heavy atom. The number of hydrogen-bond donors (Lipinski definition) is 0. The molecule has 0 rings (SSSR count). The highest BCUT2D eigenvalue weighted by Gasteiger charge is 1.92. The Morgan fingerprint density at radius 3 is 2.11 bits per heavy atom. The fourth-order valence-electron chi connectivity index (χ4n) is 1.84. The molecule has 18 heavy (non-hydrogen) atoms. The van der Waals surface area contributed by atoms with Crippen molar-refractivity contribution in [2.45, 2.75) is 71.1 Å². The molecular formula is C16H27O2-. The smallest absolute Gasteiger partial charge is 0.0414 e. The number of hydrogen-bond acceptors (Lipinski definition) is 2. The minimum atomic E-state index is -0.917. The molecule has 0 heterocycles. The van der Waals surface area contributed by atoms with Gasteiger partial charge in [-0.1, -0.05) is 56.4 Å². The largest absolute Gasteiger partial charge is 0.550 e. The van der Waals surface area contributed by atoms with Gasteiger partial charge in [-0.15, -0.1) is 0 Å². The molecule has 104 valence electrons. The van der Waals surface area contributed by atoms with Gasteiger partial charge in [0.15, 0.2) is 0 Å². The Bertz CT molecular complexity index is 241. The summed E-state index contributed by atoms with van der Waals surface area (Å²) >= 11 is 0. The monoisotopic (exact) mass is 251 g/mol. The molecule has 0 spiro atoms. The van der Waals surface area contributed by atoms with Gasteiger partial charge in [0, 0.05) is 5.97 Å². The van der Waals surface area contributed by atoms with Crippen LogP contribution in [0.2, 0.25) is 0 Å². The molecular weight excluding hydrogens is 224 g/mol. The van der Waals surface area contributed by atoms with Crippen LogP contribution in [0.1, 0.15) is 71.1 Å². The van der Waals surface area contributed by atoms with Crippen LogP contribution in [0.15, 0.2) is 24.3 Å². The summed E-state index contributed by atoms with van der Waals surface area (Å²) < 4.78 is 0. The summed E-state index contributed by atoms with van der Waals surface area (Å²) in [6, 6.07) is 0. The molecule has 0 amide bonds. The predicted molar refractivity (Wildman–Crippen MR) is 75.1 cm³/mol. The van der Waals surface area contributed by atoms with Gasteiger partial charge in [0.25, 0.3) is 0 Å². The van der Waals surface area contributed by atoms with Crippen molar-refractivity contribution >= 4 is 5.97 Å². The van der Waals surface area contributed by atoms with Gasteiger partial charge in [0.05, 0.1) is 0 Å². The lowest BCUT2D eigenvalue weighted by Crippen LogP contribution is -2.21. The molecule has 2 nitrogen and oxygen atoms in total. The summed E-state index contributed by atoms with van der Waals surface area (Å²) in [5.74, 6) is -0.917. The van der Waals surface area contributed by atoms with Crippen molar-refractivity contribution in [1.29, 1.82) is 0 Å². The summed E-state index contributed by atoms with van der Waals surface area (Å²) in [6.45, 7) is 2.04. The van der Waals surface area contributed by atoms with E-state index in [4.69, 9.17) is 0 Å². The summed E-state index contributed by atoms with van der Waals surface area (Å²) in [5.41, 5.74) is 0. The zero-order valence-corrected chi connectivity index (χ0v) is 11.7. The maximum absolute atomic E-state index is 10.2. The molecule has 0 saturated heterocycles. The Labute approximate surface area is 112 Å². The van der Waals surface area contributed by atoms with Gasteiger partial charge >= 0.3 is 0 Å². The summed E-state index contributed by atoms with van der Waals surface area (Å²) in [5, 5.41) is 10.2. The summed E-state index contributed by atoms with van der Waals surface area (Å²) in [4.78, 5) is 10.2. The molecule has 0 aromatic heterocycles. The van der Waals surface area contributed by atoms with E-state index in [2.05, 4.69) is 24.3 Å². The SMILES string of the molecule is C/C=C/C/C=C\CCCCCCCCCC(=O)[O-]. The maximum Gasteiger partial charge on any atom is 0.0414 e. The number of allylic oxidation sites excluding steroid dienone is 4. The quantitative estimate of drug-likeness (QED) is 0.391. The predicted octanol–water partition coefficient (Wildman–Crippen LogP) is 3.77. The van der Waals surface area contributed by atoms with E-state index >= 15 is 0 Å². The zero-order chi connectivity index (χ0) is 13.5. The fourth-order valence-corrected chi connectivity index (χ4v) is 1.84. The highest BCUT2D eigenvalue weighted by molar-refractivity contribution is 5.63. The van der Waals surface area contributed by atoms with Crippen LogP contribution in [0.25, 0.3) is 0 Å². The highest BCUT2D eigenvalue weighted by Crippen LogP contribution is 2.09. The average molecular weight is 251 g/mol. The van der Waals surface area contributed by atoms with Gasteiger partial charge in [-0.3, -0.25) is 0 Å². The lowest BCUT2D eigenvalue weighted by molar-refractivity contribution is -0.305. The third-order valence-corrected chi connectivity index (χ3v) is 2.93. The summed E-state index contributed by atoms with van der Waals surface area (Å²) in [7, 11) is 0. The van der Waals surface area contributed by atoms with Crippen LogP contribution in [0.4, 0.5) is 0 Å². The number of carboxylic acid groups (broad SMARTS) is 1. The van der Waals surface area contributed by atoms with Crippen LogP contribution in [0, 0.1) is 0 Å². The normalized spacial score (nSPS) is 11.6. The molecule has 0 N–H and O–H groups in total. The minimum Gasteiger partial charge on any atom is -0.550 e. The molecule has 0 aliphatic rings. The first-order chi connectivity index (χ1) is 8.77. The number of rotatable bonds is 12. The first-order valence-electron chi connectivity index (χ1n) is 7.23. The van der Waals surface area contributed by atoms with E-state index in [1.165, 1.54) is 32.1 Å². The van der Waals surface area contributed by atoms with Crippen LogP contribution in [-0.4, -0.2) is 5.97 Å². The van der Waals surface area contributed by atoms with Crippen molar-refractivity contribution in [3.8, 4) is 0 Å². The first-order valence-corrected chi connectivity index (χ1v) is 7.23. The van der Waals surface area contributed by atoms with Gasteiger partial charge in [-0.05, 0) is 39.0 Å². The average Bonchev–Trinajstić information content (AvgIpc) is 2.34. The van der Waals surface area contributed by atoms with E-state index in [9.17, 15) is 9.90 Å². The lowest BCUT2D eigenvalue weighted by Gasteiger charge is -2.02. The molecule has 0 aliphatic heterocycles. The van der Waals surface area contributed by atoms with Crippen LogP contribution in [0.5, 0.6) is 0 Å². The molecule has 0 atom stereocenters. The van der Waals surface area contributed by atoms with Crippen molar-refractivity contribution in [1.82, 2.24) is 0 Å². The maximum atomic E-state index is 10.2. The third-order valence-electron chi connectivity index (χ3n) is 2.93. The Hall–Kier alpha value is -1.05. The number of carboxylic acids is 1. The van der Waals surface area contributed by atoms with Gasteiger partial charge in [0.2, 0.25) is 0 Å². The molecule has 0 aliphatic carbocycles. The van der Waals surface area contributed by atoms with E-state index in [0.29, 0.717) is 0 Å². The lowest BCUT2D eigenvalue weighted by atomic mass is 10.1. The second kappa shape index (κ2) is 14.0. The van der Waals surface area contributed by atoms with E-state index < -0.39 is 5.97 Å². The van der Waals surface area contributed by atoms with E-state index in [1.807, 2.05) is 6.92 Å². The number of carbonyl (C=O) groups is 1. The minimum absolute atomic E-state index is 0.219. The fraction of sp³-hybridized carbons (Fsp3) is 0.688. The molecule has 0 bridgehead atoms. The van der Waals surface area contributed by atoms with E-state index in [1.54, 1.807) is 0 Å². The number of carbonyl (C=O) groups excluding carboxylic acids is 1. The third kappa shape index (κ3) is 14.9. The Balaban J connectivity index is 3.07. The highest BCUT2D eigenvalue weighted by atomic mass is 16.4. The van der Waals surface area contributed by atoms with Crippen LogP contribution < -0.4 is 5.11 Å². The molecule has 0 aromatic carbocycles. The van der Waals surface area contributed by atoms with Crippen LogP contribution in [0.3, 0.4) is 0 Å². The number of aliphatic carboxylic acids is 1. The second-order valence-electron chi connectivity index (χ2n) is 4.66. The molecule has 0 fully saturated rings. The van der Waals surface area contributed by atoms with Crippen LogP contribution in [-0.2, 0) is 4.79 Å².